The number of carbonyl (C=O) groups is 2. The van der Waals surface area contributed by atoms with Crippen LogP contribution in [0.5, 0.6) is 5.88 Å². The molecule has 0 spiro atoms. The third-order valence-electron chi connectivity index (χ3n) is 6.21. The lowest BCUT2D eigenvalue weighted by Gasteiger charge is -2.31. The Morgan fingerprint density at radius 3 is 2.14 bits per heavy atom. The van der Waals surface area contributed by atoms with Crippen molar-refractivity contribution in [2.45, 2.75) is 76.8 Å². The largest absolute Gasteiger partial charge is 0.494 e. The number of aromatic hydroxyl groups is 1. The van der Waals surface area contributed by atoms with E-state index >= 15 is 0 Å². The maximum absolute atomic E-state index is 13.3. The van der Waals surface area contributed by atoms with Gasteiger partial charge in [-0.15, -0.1) is 0 Å². The van der Waals surface area contributed by atoms with Crippen molar-refractivity contribution in [2.75, 3.05) is 6.54 Å². The molecule has 3 N–H and O–H groups in total. The summed E-state index contributed by atoms with van der Waals surface area (Å²) >= 11 is 0. The molecule has 1 aromatic heterocycles. The van der Waals surface area contributed by atoms with Gasteiger partial charge in [0, 0.05) is 12.1 Å². The molecule has 1 amide bonds. The summed E-state index contributed by atoms with van der Waals surface area (Å²) in [6.45, 7) is 1.45. The minimum atomic E-state index is -1.26. The van der Waals surface area contributed by atoms with Gasteiger partial charge in [0.1, 0.15) is 6.54 Å². The number of amides is 1. The molecule has 9 heteroatoms. The van der Waals surface area contributed by atoms with Gasteiger partial charge in [-0.05, 0) is 44.4 Å². The van der Waals surface area contributed by atoms with Crippen LogP contribution in [0.2, 0.25) is 0 Å². The van der Waals surface area contributed by atoms with E-state index in [0.29, 0.717) is 31.6 Å². The van der Waals surface area contributed by atoms with Crippen LogP contribution in [0, 0.1) is 5.92 Å². The van der Waals surface area contributed by atoms with E-state index in [1.807, 2.05) is 0 Å². The zero-order valence-corrected chi connectivity index (χ0v) is 16.7. The van der Waals surface area contributed by atoms with Crippen molar-refractivity contribution in [1.82, 2.24) is 14.5 Å². The van der Waals surface area contributed by atoms with Crippen LogP contribution >= 0.6 is 0 Å². The van der Waals surface area contributed by atoms with Gasteiger partial charge < -0.3 is 15.5 Å². The van der Waals surface area contributed by atoms with Gasteiger partial charge in [0.15, 0.2) is 5.56 Å². The van der Waals surface area contributed by atoms with E-state index in [1.54, 1.807) is 0 Å². The van der Waals surface area contributed by atoms with Crippen LogP contribution < -0.4 is 16.6 Å². The Morgan fingerprint density at radius 1 is 0.966 bits per heavy atom. The number of aromatic nitrogens is 2. The van der Waals surface area contributed by atoms with Gasteiger partial charge in [-0.25, -0.2) is 4.79 Å². The average molecular weight is 407 g/mol. The van der Waals surface area contributed by atoms with E-state index in [1.165, 1.54) is 4.57 Å². The summed E-state index contributed by atoms with van der Waals surface area (Å²) in [7, 11) is 0. The standard InChI is InChI=1S/C20H29N3O6/c1-12-7-9-14(10-8-12)23-19(28)16(17(26)21-11-15(24)25)18(27)22(20(23)29)13-5-3-2-4-6-13/h12-14,28H,2-11H2,1H3,(H,21,26)(H,24,25). The molecule has 2 aliphatic carbocycles. The molecule has 2 fully saturated rings. The zero-order valence-electron chi connectivity index (χ0n) is 16.7. The number of aliphatic carboxylic acids is 1. The summed E-state index contributed by atoms with van der Waals surface area (Å²) in [6.07, 6.45) is 7.26. The molecule has 29 heavy (non-hydrogen) atoms. The Bertz CT molecular complexity index is 889. The van der Waals surface area contributed by atoms with Gasteiger partial charge >= 0.3 is 11.7 Å². The number of carboxylic acids is 1. The van der Waals surface area contributed by atoms with E-state index in [0.717, 1.165) is 36.7 Å². The highest BCUT2D eigenvalue weighted by molar-refractivity contribution is 5.97. The summed E-state index contributed by atoms with van der Waals surface area (Å²) in [5, 5.41) is 21.7. The molecule has 0 saturated heterocycles. The highest BCUT2D eigenvalue weighted by Crippen LogP contribution is 2.34. The molecule has 1 aromatic rings. The maximum atomic E-state index is 13.3. The Morgan fingerprint density at radius 2 is 1.55 bits per heavy atom. The number of nitrogens with zero attached hydrogens (tertiary/aromatic N) is 2. The van der Waals surface area contributed by atoms with Crippen molar-refractivity contribution in [2.24, 2.45) is 5.92 Å². The second kappa shape index (κ2) is 8.84. The van der Waals surface area contributed by atoms with Crippen LogP contribution in [-0.4, -0.2) is 37.8 Å². The van der Waals surface area contributed by atoms with Gasteiger partial charge in [-0.3, -0.25) is 23.5 Å². The number of hydrogen-bond acceptors (Lipinski definition) is 5. The number of hydrogen-bond donors (Lipinski definition) is 3. The SMILES string of the molecule is CC1CCC(n2c(O)c(C(=O)NCC(=O)O)c(=O)n(C3CCCCC3)c2=O)CC1. The summed E-state index contributed by atoms with van der Waals surface area (Å²) in [4.78, 5) is 49.7. The quantitative estimate of drug-likeness (QED) is 0.682. The molecule has 9 nitrogen and oxygen atoms in total. The molecular weight excluding hydrogens is 378 g/mol. The Kier molecular flexibility index (Phi) is 6.44. The van der Waals surface area contributed by atoms with Crippen molar-refractivity contribution in [3.63, 3.8) is 0 Å². The van der Waals surface area contributed by atoms with Crippen molar-refractivity contribution < 1.29 is 19.8 Å². The predicted molar refractivity (Wildman–Crippen MR) is 105 cm³/mol. The number of rotatable bonds is 5. The van der Waals surface area contributed by atoms with Crippen molar-refractivity contribution in [1.29, 1.82) is 0 Å². The molecule has 0 aliphatic heterocycles. The molecule has 0 aromatic carbocycles. The number of carbonyl (C=O) groups excluding carboxylic acids is 1. The minimum absolute atomic E-state index is 0.292. The maximum Gasteiger partial charge on any atom is 0.334 e. The van der Waals surface area contributed by atoms with Crippen LogP contribution in [0.3, 0.4) is 0 Å². The van der Waals surface area contributed by atoms with Gasteiger partial charge in [0.2, 0.25) is 5.88 Å². The van der Waals surface area contributed by atoms with Crippen molar-refractivity contribution >= 4 is 11.9 Å². The van der Waals surface area contributed by atoms with E-state index in [9.17, 15) is 24.3 Å². The number of nitrogens with one attached hydrogen (secondary N) is 1. The van der Waals surface area contributed by atoms with Crippen molar-refractivity contribution in [3.8, 4) is 5.88 Å². The zero-order chi connectivity index (χ0) is 21.1. The minimum Gasteiger partial charge on any atom is -0.494 e. The Hall–Kier alpha value is -2.58. The predicted octanol–water partition coefficient (Wildman–Crippen LogP) is 1.79. The van der Waals surface area contributed by atoms with Crippen LogP contribution in [0.1, 0.15) is 87.2 Å². The molecule has 0 unspecified atom stereocenters. The monoisotopic (exact) mass is 407 g/mol. The fourth-order valence-electron chi connectivity index (χ4n) is 4.56. The molecule has 160 valence electrons. The molecule has 1 heterocycles. The molecular formula is C20H29N3O6. The van der Waals surface area contributed by atoms with Crippen LogP contribution in [0.15, 0.2) is 9.59 Å². The lowest BCUT2D eigenvalue weighted by molar-refractivity contribution is -0.135. The fraction of sp³-hybridized carbons (Fsp3) is 0.700. The third-order valence-corrected chi connectivity index (χ3v) is 6.21. The summed E-state index contributed by atoms with van der Waals surface area (Å²) < 4.78 is 2.31. The van der Waals surface area contributed by atoms with Crippen LogP contribution in [0.25, 0.3) is 0 Å². The topological polar surface area (TPSA) is 131 Å². The first kappa shape index (κ1) is 21.1. The lowest BCUT2D eigenvalue weighted by Crippen LogP contribution is -2.48. The van der Waals surface area contributed by atoms with Crippen molar-refractivity contribution in [3.05, 3.63) is 26.4 Å². The molecule has 0 atom stereocenters. The summed E-state index contributed by atoms with van der Waals surface area (Å²) in [6, 6.07) is -0.607. The first-order valence-electron chi connectivity index (χ1n) is 10.4. The second-order valence-corrected chi connectivity index (χ2v) is 8.31. The lowest BCUT2D eigenvalue weighted by atomic mass is 9.87. The van der Waals surface area contributed by atoms with E-state index < -0.39 is 41.1 Å². The van der Waals surface area contributed by atoms with Crippen LogP contribution in [0.4, 0.5) is 0 Å². The molecule has 0 bridgehead atoms. The molecule has 3 rings (SSSR count). The Balaban J connectivity index is 2.12. The molecule has 2 saturated carbocycles. The summed E-state index contributed by atoms with van der Waals surface area (Å²) in [5.41, 5.74) is -1.97. The first-order valence-corrected chi connectivity index (χ1v) is 10.4. The fourth-order valence-corrected chi connectivity index (χ4v) is 4.56. The molecule has 0 radical (unpaired) electrons. The van der Waals surface area contributed by atoms with Gasteiger partial charge in [-0.2, -0.15) is 0 Å². The molecule has 2 aliphatic rings. The first-order chi connectivity index (χ1) is 13.8. The highest BCUT2D eigenvalue weighted by atomic mass is 16.4. The van der Waals surface area contributed by atoms with Crippen LogP contribution in [-0.2, 0) is 4.79 Å². The number of carboxylic acid groups (broad SMARTS) is 1. The highest BCUT2D eigenvalue weighted by Gasteiger charge is 2.32. The van der Waals surface area contributed by atoms with Gasteiger partial charge in [0.05, 0.1) is 0 Å². The smallest absolute Gasteiger partial charge is 0.334 e. The van der Waals surface area contributed by atoms with Gasteiger partial charge in [0.25, 0.3) is 11.5 Å². The van der Waals surface area contributed by atoms with Gasteiger partial charge in [-0.1, -0.05) is 26.2 Å². The van der Waals surface area contributed by atoms with E-state index in [2.05, 4.69) is 12.2 Å². The van der Waals surface area contributed by atoms with E-state index in [-0.39, 0.29) is 12.1 Å². The second-order valence-electron chi connectivity index (χ2n) is 8.31. The normalized spacial score (nSPS) is 22.9. The van der Waals surface area contributed by atoms with E-state index in [4.69, 9.17) is 5.11 Å². The third kappa shape index (κ3) is 4.38. The summed E-state index contributed by atoms with van der Waals surface area (Å²) in [5.74, 6) is -2.38. The average Bonchev–Trinajstić information content (AvgIpc) is 2.68. The Labute approximate surface area is 168 Å².